The van der Waals surface area contributed by atoms with Crippen LogP contribution in [0.15, 0.2) is 12.1 Å². The molecule has 5 nitrogen and oxygen atoms in total. The number of methoxy groups -OCH3 is 2. The van der Waals surface area contributed by atoms with Gasteiger partial charge in [-0.05, 0) is 6.07 Å². The summed E-state index contributed by atoms with van der Waals surface area (Å²) in [5, 5.41) is 2.59. The first kappa shape index (κ1) is 12.0. The second-order valence-corrected chi connectivity index (χ2v) is 3.09. The van der Waals surface area contributed by atoms with E-state index in [1.807, 2.05) is 0 Å². The number of nitrogens with one attached hydrogen (secondary N) is 1. The van der Waals surface area contributed by atoms with Crippen LogP contribution < -0.4 is 14.8 Å². The van der Waals surface area contributed by atoms with Gasteiger partial charge in [-0.15, -0.1) is 0 Å². The number of rotatable bonds is 4. The second-order valence-electron chi connectivity index (χ2n) is 3.09. The van der Waals surface area contributed by atoms with Crippen LogP contribution in [0.3, 0.4) is 0 Å². The lowest BCUT2D eigenvalue weighted by atomic mass is 10.1. The predicted molar refractivity (Wildman–Crippen MR) is 59.2 cm³/mol. The summed E-state index contributed by atoms with van der Waals surface area (Å²) in [7, 11) is 2.91. The zero-order valence-corrected chi connectivity index (χ0v) is 9.37. The van der Waals surface area contributed by atoms with Gasteiger partial charge in [-0.2, -0.15) is 0 Å². The molecule has 86 valence electrons. The number of benzene rings is 1. The van der Waals surface area contributed by atoms with E-state index >= 15 is 0 Å². The summed E-state index contributed by atoms with van der Waals surface area (Å²) in [6.07, 6.45) is 0.666. The number of hydrogen-bond donors (Lipinski definition) is 1. The molecular formula is C11H13NO4. The largest absolute Gasteiger partial charge is 0.496 e. The van der Waals surface area contributed by atoms with Crippen LogP contribution >= 0.6 is 0 Å². The average Bonchev–Trinajstić information content (AvgIpc) is 2.27. The molecule has 0 spiro atoms. The molecule has 0 atom stereocenters. The van der Waals surface area contributed by atoms with E-state index < -0.39 is 0 Å². The second kappa shape index (κ2) is 5.16. The summed E-state index contributed by atoms with van der Waals surface area (Å²) < 4.78 is 10.1. The van der Waals surface area contributed by atoms with E-state index in [4.69, 9.17) is 9.47 Å². The van der Waals surface area contributed by atoms with Gasteiger partial charge in [-0.1, -0.05) is 0 Å². The molecule has 0 heterocycles. The maximum absolute atomic E-state index is 11.0. The Morgan fingerprint density at radius 1 is 1.25 bits per heavy atom. The Bertz CT molecular complexity index is 415. The van der Waals surface area contributed by atoms with Crippen molar-refractivity contribution >= 4 is 17.9 Å². The Balaban J connectivity index is 3.25. The number of ether oxygens (including phenoxy) is 2. The van der Waals surface area contributed by atoms with E-state index in [0.29, 0.717) is 29.0 Å². The molecule has 0 aliphatic heterocycles. The van der Waals surface area contributed by atoms with Crippen molar-refractivity contribution in [1.82, 2.24) is 0 Å². The van der Waals surface area contributed by atoms with E-state index in [9.17, 15) is 9.59 Å². The van der Waals surface area contributed by atoms with Crippen molar-refractivity contribution in [2.75, 3.05) is 19.5 Å². The van der Waals surface area contributed by atoms with Gasteiger partial charge < -0.3 is 14.8 Å². The van der Waals surface area contributed by atoms with E-state index in [-0.39, 0.29) is 5.91 Å². The molecule has 0 unspecified atom stereocenters. The van der Waals surface area contributed by atoms with Crippen molar-refractivity contribution < 1.29 is 19.1 Å². The summed E-state index contributed by atoms with van der Waals surface area (Å²) in [6, 6.07) is 3.06. The number of anilines is 1. The maximum atomic E-state index is 11.0. The molecule has 0 saturated carbocycles. The SMILES string of the molecule is COc1cc(NC(C)=O)c(OC)cc1C=O. The minimum absolute atomic E-state index is 0.223. The molecule has 0 aliphatic carbocycles. The molecule has 1 rings (SSSR count). The molecule has 1 aromatic rings. The van der Waals surface area contributed by atoms with Gasteiger partial charge >= 0.3 is 0 Å². The van der Waals surface area contributed by atoms with Crippen LogP contribution in [0.5, 0.6) is 11.5 Å². The van der Waals surface area contributed by atoms with Crippen molar-refractivity contribution in [3.8, 4) is 11.5 Å². The molecule has 0 bridgehead atoms. The van der Waals surface area contributed by atoms with Gasteiger partial charge in [0.1, 0.15) is 11.5 Å². The molecule has 0 radical (unpaired) electrons. The topological polar surface area (TPSA) is 64.6 Å². The number of carbonyl (C=O) groups excluding carboxylic acids is 2. The lowest BCUT2D eigenvalue weighted by Crippen LogP contribution is -2.08. The zero-order valence-electron chi connectivity index (χ0n) is 9.37. The summed E-state index contributed by atoms with van der Waals surface area (Å²) in [5.41, 5.74) is 0.839. The summed E-state index contributed by atoms with van der Waals surface area (Å²) in [5.74, 6) is 0.580. The Morgan fingerprint density at radius 3 is 2.31 bits per heavy atom. The minimum atomic E-state index is -0.223. The van der Waals surface area contributed by atoms with Crippen LogP contribution in [0.2, 0.25) is 0 Å². The zero-order chi connectivity index (χ0) is 12.1. The van der Waals surface area contributed by atoms with Gasteiger partial charge in [0.2, 0.25) is 5.91 Å². The first-order valence-corrected chi connectivity index (χ1v) is 4.61. The fourth-order valence-corrected chi connectivity index (χ4v) is 1.30. The Labute approximate surface area is 93.4 Å². The lowest BCUT2D eigenvalue weighted by molar-refractivity contribution is -0.114. The summed E-state index contributed by atoms with van der Waals surface area (Å²) >= 11 is 0. The van der Waals surface area contributed by atoms with Crippen molar-refractivity contribution in [1.29, 1.82) is 0 Å². The van der Waals surface area contributed by atoms with Crippen molar-refractivity contribution in [2.45, 2.75) is 6.92 Å². The van der Waals surface area contributed by atoms with Gasteiger partial charge in [0, 0.05) is 13.0 Å². The number of hydrogen-bond acceptors (Lipinski definition) is 4. The van der Waals surface area contributed by atoms with Crippen molar-refractivity contribution in [3.05, 3.63) is 17.7 Å². The van der Waals surface area contributed by atoms with Crippen LogP contribution in [0, 0.1) is 0 Å². The number of aldehydes is 1. The molecule has 0 aromatic heterocycles. The third-order valence-electron chi connectivity index (χ3n) is 1.99. The molecule has 0 fully saturated rings. The first-order valence-electron chi connectivity index (χ1n) is 4.61. The van der Waals surface area contributed by atoms with Crippen LogP contribution in [0.25, 0.3) is 0 Å². The van der Waals surface area contributed by atoms with Gasteiger partial charge in [-0.25, -0.2) is 0 Å². The Hall–Kier alpha value is -2.04. The monoisotopic (exact) mass is 223 g/mol. The third-order valence-corrected chi connectivity index (χ3v) is 1.99. The van der Waals surface area contributed by atoms with Crippen LogP contribution in [-0.2, 0) is 4.79 Å². The Kier molecular flexibility index (Phi) is 3.88. The van der Waals surface area contributed by atoms with E-state index in [1.165, 1.54) is 27.2 Å². The molecule has 1 aromatic carbocycles. The first-order chi connectivity index (χ1) is 7.62. The highest BCUT2D eigenvalue weighted by molar-refractivity contribution is 5.92. The van der Waals surface area contributed by atoms with Gasteiger partial charge in [0.05, 0.1) is 25.5 Å². The molecule has 5 heteroatoms. The molecule has 16 heavy (non-hydrogen) atoms. The molecule has 1 N–H and O–H groups in total. The normalized spacial score (nSPS) is 9.44. The molecule has 0 saturated heterocycles. The highest BCUT2D eigenvalue weighted by atomic mass is 16.5. The maximum Gasteiger partial charge on any atom is 0.221 e. The summed E-state index contributed by atoms with van der Waals surface area (Å²) in [6.45, 7) is 1.39. The van der Waals surface area contributed by atoms with Crippen LogP contribution in [-0.4, -0.2) is 26.4 Å². The molecule has 1 amide bonds. The summed E-state index contributed by atoms with van der Waals surface area (Å²) in [4.78, 5) is 21.7. The quantitative estimate of drug-likeness (QED) is 0.785. The van der Waals surface area contributed by atoms with Gasteiger partial charge in [0.15, 0.2) is 6.29 Å². The molecular weight excluding hydrogens is 210 g/mol. The van der Waals surface area contributed by atoms with Crippen LogP contribution in [0.4, 0.5) is 5.69 Å². The standard InChI is InChI=1S/C11H13NO4/c1-7(14)12-9-5-10(15-2)8(6-13)4-11(9)16-3/h4-6H,1-3H3,(H,12,14). The van der Waals surface area contributed by atoms with Crippen LogP contribution in [0.1, 0.15) is 17.3 Å². The van der Waals surface area contributed by atoms with Crippen molar-refractivity contribution in [3.63, 3.8) is 0 Å². The highest BCUT2D eigenvalue weighted by Gasteiger charge is 2.11. The predicted octanol–water partition coefficient (Wildman–Crippen LogP) is 1.47. The Morgan fingerprint density at radius 2 is 1.88 bits per heavy atom. The van der Waals surface area contributed by atoms with E-state index in [1.54, 1.807) is 6.07 Å². The lowest BCUT2D eigenvalue weighted by Gasteiger charge is -2.12. The van der Waals surface area contributed by atoms with Gasteiger partial charge in [-0.3, -0.25) is 9.59 Å². The van der Waals surface area contributed by atoms with Crippen molar-refractivity contribution in [2.24, 2.45) is 0 Å². The fraction of sp³-hybridized carbons (Fsp3) is 0.273. The minimum Gasteiger partial charge on any atom is -0.496 e. The number of amides is 1. The average molecular weight is 223 g/mol. The van der Waals surface area contributed by atoms with E-state index in [0.717, 1.165) is 0 Å². The number of carbonyl (C=O) groups is 2. The van der Waals surface area contributed by atoms with E-state index in [2.05, 4.69) is 5.32 Å². The van der Waals surface area contributed by atoms with Gasteiger partial charge in [0.25, 0.3) is 0 Å². The fourth-order valence-electron chi connectivity index (χ4n) is 1.30. The molecule has 0 aliphatic rings. The smallest absolute Gasteiger partial charge is 0.221 e. The highest BCUT2D eigenvalue weighted by Crippen LogP contribution is 2.31. The third kappa shape index (κ3) is 2.50.